The van der Waals surface area contributed by atoms with E-state index < -0.39 is 0 Å². The summed E-state index contributed by atoms with van der Waals surface area (Å²) in [6.45, 7) is 4.10. The first-order valence-electron chi connectivity index (χ1n) is 6.89. The van der Waals surface area contributed by atoms with Gasteiger partial charge in [0.2, 0.25) is 11.9 Å². The molecule has 2 aliphatic rings. The summed E-state index contributed by atoms with van der Waals surface area (Å²) < 4.78 is 0. The fourth-order valence-electron chi connectivity index (χ4n) is 2.70. The average molecular weight is 261 g/mol. The van der Waals surface area contributed by atoms with E-state index >= 15 is 0 Å². The van der Waals surface area contributed by atoms with E-state index in [2.05, 4.69) is 20.2 Å². The van der Waals surface area contributed by atoms with Crippen LogP contribution in [0.1, 0.15) is 12.8 Å². The molecule has 1 atom stereocenters. The molecule has 0 saturated carbocycles. The molecular formula is C13H19N5O. The monoisotopic (exact) mass is 261 g/mol. The second kappa shape index (κ2) is 5.52. The third-order valence-electron chi connectivity index (χ3n) is 3.78. The summed E-state index contributed by atoms with van der Waals surface area (Å²) in [7, 11) is 0. The fourth-order valence-corrected chi connectivity index (χ4v) is 2.70. The van der Waals surface area contributed by atoms with Crippen molar-refractivity contribution in [3.8, 4) is 0 Å². The van der Waals surface area contributed by atoms with Crippen molar-refractivity contribution in [3.63, 3.8) is 0 Å². The average Bonchev–Trinajstić information content (AvgIpc) is 3.02. The van der Waals surface area contributed by atoms with Crippen LogP contribution < -0.4 is 10.2 Å². The van der Waals surface area contributed by atoms with Crippen molar-refractivity contribution in [1.82, 2.24) is 20.2 Å². The maximum absolute atomic E-state index is 12.3. The van der Waals surface area contributed by atoms with Crippen molar-refractivity contribution < 1.29 is 4.79 Å². The zero-order valence-electron chi connectivity index (χ0n) is 11.0. The summed E-state index contributed by atoms with van der Waals surface area (Å²) >= 11 is 0. The Morgan fingerprint density at radius 1 is 1.21 bits per heavy atom. The quantitative estimate of drug-likeness (QED) is 0.804. The van der Waals surface area contributed by atoms with Crippen LogP contribution >= 0.6 is 0 Å². The van der Waals surface area contributed by atoms with Gasteiger partial charge >= 0.3 is 0 Å². The van der Waals surface area contributed by atoms with Crippen molar-refractivity contribution in [2.45, 2.75) is 18.9 Å². The number of carbonyl (C=O) groups excluding carboxylic acids is 1. The number of piperazine rings is 1. The van der Waals surface area contributed by atoms with Gasteiger partial charge in [-0.25, -0.2) is 9.97 Å². The molecule has 1 amide bonds. The van der Waals surface area contributed by atoms with Crippen molar-refractivity contribution in [1.29, 1.82) is 0 Å². The lowest BCUT2D eigenvalue weighted by atomic mass is 10.2. The van der Waals surface area contributed by atoms with Gasteiger partial charge in [-0.05, 0) is 25.5 Å². The van der Waals surface area contributed by atoms with Gasteiger partial charge in [-0.3, -0.25) is 4.79 Å². The standard InChI is InChI=1S/C13H19N5O/c19-12(11-3-1-4-14-11)17-7-9-18(10-8-17)13-15-5-2-6-16-13/h2,5-6,11,14H,1,3-4,7-10H2. The number of nitrogens with one attached hydrogen (secondary N) is 1. The second-order valence-corrected chi connectivity index (χ2v) is 5.01. The number of carbonyl (C=O) groups is 1. The second-order valence-electron chi connectivity index (χ2n) is 5.01. The number of amides is 1. The molecule has 6 nitrogen and oxygen atoms in total. The van der Waals surface area contributed by atoms with Crippen molar-refractivity contribution in [3.05, 3.63) is 18.5 Å². The van der Waals surface area contributed by atoms with Gasteiger partial charge in [0.1, 0.15) is 0 Å². The zero-order valence-corrected chi connectivity index (χ0v) is 11.0. The highest BCUT2D eigenvalue weighted by molar-refractivity contribution is 5.82. The molecule has 2 aliphatic heterocycles. The predicted molar refractivity (Wildman–Crippen MR) is 71.8 cm³/mol. The fraction of sp³-hybridized carbons (Fsp3) is 0.615. The van der Waals surface area contributed by atoms with Gasteiger partial charge in [0.05, 0.1) is 6.04 Å². The molecule has 19 heavy (non-hydrogen) atoms. The molecule has 3 heterocycles. The minimum absolute atomic E-state index is 0.0412. The van der Waals surface area contributed by atoms with E-state index in [4.69, 9.17) is 0 Å². The Morgan fingerprint density at radius 3 is 2.58 bits per heavy atom. The van der Waals surface area contributed by atoms with Crippen molar-refractivity contribution in [2.75, 3.05) is 37.6 Å². The van der Waals surface area contributed by atoms with Crippen LogP contribution in [0.2, 0.25) is 0 Å². The molecule has 0 radical (unpaired) electrons. The molecule has 1 N–H and O–H groups in total. The zero-order chi connectivity index (χ0) is 13.1. The predicted octanol–water partition coefficient (Wildman–Crippen LogP) is -0.123. The Labute approximate surface area is 112 Å². The molecule has 102 valence electrons. The lowest BCUT2D eigenvalue weighted by Gasteiger charge is -2.35. The maximum atomic E-state index is 12.3. The van der Waals surface area contributed by atoms with Crippen LogP contribution in [0.5, 0.6) is 0 Å². The first-order chi connectivity index (χ1) is 9.34. The van der Waals surface area contributed by atoms with Gasteiger partial charge in [-0.15, -0.1) is 0 Å². The van der Waals surface area contributed by atoms with E-state index in [9.17, 15) is 4.79 Å². The lowest BCUT2D eigenvalue weighted by Crippen LogP contribution is -2.53. The Kier molecular flexibility index (Phi) is 3.59. The molecule has 6 heteroatoms. The third kappa shape index (κ3) is 2.68. The molecule has 2 fully saturated rings. The van der Waals surface area contributed by atoms with Gasteiger partial charge < -0.3 is 15.1 Å². The smallest absolute Gasteiger partial charge is 0.239 e. The van der Waals surface area contributed by atoms with Crippen LogP contribution in [0.3, 0.4) is 0 Å². The summed E-state index contributed by atoms with van der Waals surface area (Å²) in [5.41, 5.74) is 0. The summed E-state index contributed by atoms with van der Waals surface area (Å²) in [5, 5.41) is 3.27. The minimum Gasteiger partial charge on any atom is -0.338 e. The summed E-state index contributed by atoms with van der Waals surface area (Å²) in [4.78, 5) is 24.8. The number of rotatable bonds is 2. The van der Waals surface area contributed by atoms with E-state index in [0.717, 1.165) is 51.5 Å². The molecule has 1 unspecified atom stereocenters. The highest BCUT2D eigenvalue weighted by Crippen LogP contribution is 2.13. The summed E-state index contributed by atoms with van der Waals surface area (Å²) in [6.07, 6.45) is 5.58. The highest BCUT2D eigenvalue weighted by atomic mass is 16.2. The highest BCUT2D eigenvalue weighted by Gasteiger charge is 2.29. The number of aromatic nitrogens is 2. The van der Waals surface area contributed by atoms with E-state index in [1.54, 1.807) is 12.4 Å². The SMILES string of the molecule is O=C(C1CCCN1)N1CCN(c2ncccn2)CC1. The topological polar surface area (TPSA) is 61.4 Å². The van der Waals surface area contributed by atoms with Gasteiger partial charge in [0.15, 0.2) is 0 Å². The number of hydrogen-bond acceptors (Lipinski definition) is 5. The molecule has 0 aliphatic carbocycles. The van der Waals surface area contributed by atoms with Crippen LogP contribution in [0.15, 0.2) is 18.5 Å². The van der Waals surface area contributed by atoms with Crippen LogP contribution in [0.4, 0.5) is 5.95 Å². The van der Waals surface area contributed by atoms with Crippen molar-refractivity contribution in [2.24, 2.45) is 0 Å². The minimum atomic E-state index is 0.0412. The maximum Gasteiger partial charge on any atom is 0.239 e. The normalized spacial score (nSPS) is 23.7. The van der Waals surface area contributed by atoms with E-state index in [1.165, 1.54) is 0 Å². The first-order valence-corrected chi connectivity index (χ1v) is 6.89. The number of anilines is 1. The van der Waals surface area contributed by atoms with E-state index in [-0.39, 0.29) is 11.9 Å². The Hall–Kier alpha value is -1.69. The molecular weight excluding hydrogens is 242 g/mol. The van der Waals surface area contributed by atoms with Gasteiger partial charge in [-0.2, -0.15) is 0 Å². The molecule has 1 aromatic heterocycles. The summed E-state index contributed by atoms with van der Waals surface area (Å²) in [6, 6.07) is 1.86. The van der Waals surface area contributed by atoms with Gasteiger partial charge in [0, 0.05) is 38.6 Å². The molecule has 0 bridgehead atoms. The van der Waals surface area contributed by atoms with Crippen LogP contribution in [0, 0.1) is 0 Å². The Balaban J connectivity index is 1.56. The molecule has 2 saturated heterocycles. The molecule has 1 aromatic rings. The Bertz CT molecular complexity index is 424. The van der Waals surface area contributed by atoms with E-state index in [0.29, 0.717) is 0 Å². The number of hydrogen-bond donors (Lipinski definition) is 1. The largest absolute Gasteiger partial charge is 0.338 e. The van der Waals surface area contributed by atoms with Crippen LogP contribution in [0.25, 0.3) is 0 Å². The number of nitrogens with zero attached hydrogens (tertiary/aromatic N) is 4. The Morgan fingerprint density at radius 2 is 1.95 bits per heavy atom. The molecule has 0 spiro atoms. The summed E-state index contributed by atoms with van der Waals surface area (Å²) in [5.74, 6) is 1.01. The van der Waals surface area contributed by atoms with Gasteiger partial charge in [-0.1, -0.05) is 0 Å². The molecule has 0 aromatic carbocycles. The third-order valence-corrected chi connectivity index (χ3v) is 3.78. The van der Waals surface area contributed by atoms with Crippen LogP contribution in [-0.4, -0.2) is 59.5 Å². The van der Waals surface area contributed by atoms with E-state index in [1.807, 2.05) is 11.0 Å². The van der Waals surface area contributed by atoms with Gasteiger partial charge in [0.25, 0.3) is 0 Å². The molecule has 3 rings (SSSR count). The van der Waals surface area contributed by atoms with Crippen molar-refractivity contribution >= 4 is 11.9 Å². The first kappa shape index (κ1) is 12.3. The lowest BCUT2D eigenvalue weighted by molar-refractivity contribution is -0.133. The van der Waals surface area contributed by atoms with Crippen LogP contribution in [-0.2, 0) is 4.79 Å².